The molecule has 9 rings (SSSR count). The standard InChI is InChI=1S/C43H34N2O2/c1-25(2)33-24-38-40(31-15-8-11-20-36(31)46-38)39(26(3)4)41(33)45-35-19-10-9-18-34(35)44-43(45)32-17-12-16-30-29-22-21-28(23-37(29)47-42(30)32)27-13-6-5-7-14-27/h5-26H,1-4H3. The molecule has 47 heavy (non-hydrogen) atoms. The summed E-state index contributed by atoms with van der Waals surface area (Å²) in [4.78, 5) is 5.36. The van der Waals surface area contributed by atoms with Crippen molar-refractivity contribution < 1.29 is 8.83 Å². The van der Waals surface area contributed by atoms with Gasteiger partial charge in [-0.3, -0.25) is 4.57 Å². The van der Waals surface area contributed by atoms with Gasteiger partial charge in [-0.2, -0.15) is 0 Å². The maximum atomic E-state index is 6.79. The number of aromatic nitrogens is 2. The fraction of sp³-hybridized carbons (Fsp3) is 0.140. The lowest BCUT2D eigenvalue weighted by atomic mass is 9.88. The first-order valence-electron chi connectivity index (χ1n) is 16.4. The van der Waals surface area contributed by atoms with Gasteiger partial charge >= 0.3 is 0 Å². The molecule has 0 aliphatic heterocycles. The summed E-state index contributed by atoms with van der Waals surface area (Å²) in [5.41, 5.74) is 12.5. The second-order valence-corrected chi connectivity index (χ2v) is 13.1. The monoisotopic (exact) mass is 610 g/mol. The topological polar surface area (TPSA) is 44.1 Å². The number of hydrogen-bond donors (Lipinski definition) is 0. The number of nitrogens with zero attached hydrogens (tertiary/aromatic N) is 2. The maximum absolute atomic E-state index is 6.79. The molecule has 3 heterocycles. The van der Waals surface area contributed by atoms with Crippen molar-refractivity contribution in [1.29, 1.82) is 0 Å². The van der Waals surface area contributed by atoms with Crippen LogP contribution in [0.2, 0.25) is 0 Å². The molecule has 0 saturated carbocycles. The molecule has 4 heteroatoms. The van der Waals surface area contributed by atoms with Gasteiger partial charge in [-0.1, -0.05) is 107 Å². The molecule has 0 unspecified atom stereocenters. The zero-order valence-corrected chi connectivity index (χ0v) is 26.9. The van der Waals surface area contributed by atoms with E-state index < -0.39 is 0 Å². The third kappa shape index (κ3) is 4.18. The molecule has 0 aliphatic rings. The number of hydrogen-bond acceptors (Lipinski definition) is 3. The van der Waals surface area contributed by atoms with Gasteiger partial charge in [0.1, 0.15) is 28.2 Å². The summed E-state index contributed by atoms with van der Waals surface area (Å²) in [6.45, 7) is 9.10. The minimum atomic E-state index is 0.222. The summed E-state index contributed by atoms with van der Waals surface area (Å²) in [7, 11) is 0. The average Bonchev–Trinajstić information content (AvgIpc) is 3.78. The fourth-order valence-electron chi connectivity index (χ4n) is 7.40. The molecular weight excluding hydrogens is 576 g/mol. The lowest BCUT2D eigenvalue weighted by Gasteiger charge is -2.23. The van der Waals surface area contributed by atoms with Gasteiger partial charge in [-0.25, -0.2) is 4.98 Å². The van der Waals surface area contributed by atoms with E-state index in [1.54, 1.807) is 0 Å². The molecule has 0 saturated heterocycles. The Kier molecular flexibility index (Phi) is 6.16. The van der Waals surface area contributed by atoms with Crippen LogP contribution in [0.3, 0.4) is 0 Å². The summed E-state index contributed by atoms with van der Waals surface area (Å²) in [5.74, 6) is 1.34. The van der Waals surface area contributed by atoms with Crippen LogP contribution in [-0.4, -0.2) is 9.55 Å². The normalized spacial score (nSPS) is 12.2. The lowest BCUT2D eigenvalue weighted by Crippen LogP contribution is -2.09. The second kappa shape index (κ2) is 10.5. The largest absolute Gasteiger partial charge is 0.456 e. The summed E-state index contributed by atoms with van der Waals surface area (Å²) >= 11 is 0. The van der Waals surface area contributed by atoms with Gasteiger partial charge < -0.3 is 8.83 Å². The van der Waals surface area contributed by atoms with Crippen molar-refractivity contribution in [2.45, 2.75) is 39.5 Å². The molecule has 0 bridgehead atoms. The van der Waals surface area contributed by atoms with E-state index in [9.17, 15) is 0 Å². The Balaban J connectivity index is 1.39. The molecule has 3 aromatic heterocycles. The zero-order chi connectivity index (χ0) is 31.8. The van der Waals surface area contributed by atoms with Gasteiger partial charge in [-0.05, 0) is 76.6 Å². The predicted molar refractivity (Wildman–Crippen MR) is 195 cm³/mol. The van der Waals surface area contributed by atoms with Crippen molar-refractivity contribution in [2.75, 3.05) is 0 Å². The summed E-state index contributed by atoms with van der Waals surface area (Å²) < 4.78 is 15.7. The SMILES string of the molecule is CC(C)c1cc2oc3ccccc3c2c(C(C)C)c1-n1c(-c2cccc3c2oc2cc(-c4ccccc4)ccc23)nc2ccccc21. The summed E-state index contributed by atoms with van der Waals surface area (Å²) in [5, 5.41) is 4.50. The highest BCUT2D eigenvalue weighted by atomic mass is 16.3. The van der Waals surface area contributed by atoms with Crippen LogP contribution in [0.15, 0.2) is 130 Å². The molecule has 0 spiro atoms. The zero-order valence-electron chi connectivity index (χ0n) is 26.9. The van der Waals surface area contributed by atoms with E-state index in [2.05, 4.69) is 141 Å². The molecule has 0 atom stereocenters. The van der Waals surface area contributed by atoms with E-state index in [1.165, 1.54) is 27.8 Å². The van der Waals surface area contributed by atoms with Gasteiger partial charge in [0.25, 0.3) is 0 Å². The Morgan fingerprint density at radius 3 is 2.17 bits per heavy atom. The van der Waals surface area contributed by atoms with Crippen LogP contribution in [-0.2, 0) is 0 Å². The van der Waals surface area contributed by atoms with Gasteiger partial charge in [-0.15, -0.1) is 0 Å². The molecule has 228 valence electrons. The molecule has 6 aromatic carbocycles. The molecule has 4 nitrogen and oxygen atoms in total. The summed E-state index contributed by atoms with van der Waals surface area (Å²) in [6.07, 6.45) is 0. The van der Waals surface area contributed by atoms with Gasteiger partial charge in [0.15, 0.2) is 0 Å². The van der Waals surface area contributed by atoms with Crippen LogP contribution in [0.5, 0.6) is 0 Å². The molecule has 0 radical (unpaired) electrons. The van der Waals surface area contributed by atoms with Crippen LogP contribution in [0, 0.1) is 0 Å². The minimum Gasteiger partial charge on any atom is -0.456 e. The third-order valence-electron chi connectivity index (χ3n) is 9.54. The number of fused-ring (bicyclic) bond motifs is 7. The van der Waals surface area contributed by atoms with Crippen molar-refractivity contribution in [3.8, 4) is 28.2 Å². The Bertz CT molecular complexity index is 2630. The molecule has 0 amide bonds. The van der Waals surface area contributed by atoms with E-state index in [0.717, 1.165) is 66.5 Å². The second-order valence-electron chi connectivity index (χ2n) is 13.1. The molecular formula is C43H34N2O2. The first-order chi connectivity index (χ1) is 23.0. The van der Waals surface area contributed by atoms with Crippen LogP contribution >= 0.6 is 0 Å². The van der Waals surface area contributed by atoms with Crippen LogP contribution in [0.1, 0.15) is 50.7 Å². The summed E-state index contributed by atoms with van der Waals surface area (Å²) in [6, 6.07) is 42.5. The van der Waals surface area contributed by atoms with Gasteiger partial charge in [0, 0.05) is 21.5 Å². The Morgan fingerprint density at radius 1 is 0.574 bits per heavy atom. The third-order valence-corrected chi connectivity index (χ3v) is 9.54. The van der Waals surface area contributed by atoms with Crippen molar-refractivity contribution >= 4 is 54.9 Å². The van der Waals surface area contributed by atoms with Crippen molar-refractivity contribution in [3.63, 3.8) is 0 Å². The molecule has 0 fully saturated rings. The van der Waals surface area contributed by atoms with E-state index in [4.69, 9.17) is 13.8 Å². The number of furan rings is 2. The van der Waals surface area contributed by atoms with Crippen molar-refractivity contribution in [3.05, 3.63) is 132 Å². The highest BCUT2D eigenvalue weighted by Crippen LogP contribution is 2.45. The quantitative estimate of drug-likeness (QED) is 0.195. The maximum Gasteiger partial charge on any atom is 0.149 e. The molecule has 0 N–H and O–H groups in total. The first kappa shape index (κ1) is 27.7. The van der Waals surface area contributed by atoms with E-state index >= 15 is 0 Å². The molecule has 9 aromatic rings. The minimum absolute atomic E-state index is 0.222. The average molecular weight is 611 g/mol. The Morgan fingerprint density at radius 2 is 1.34 bits per heavy atom. The first-order valence-corrected chi connectivity index (χ1v) is 16.4. The van der Waals surface area contributed by atoms with E-state index in [0.29, 0.717) is 0 Å². The smallest absolute Gasteiger partial charge is 0.149 e. The van der Waals surface area contributed by atoms with Crippen LogP contribution < -0.4 is 0 Å². The number of para-hydroxylation sites is 4. The van der Waals surface area contributed by atoms with Gasteiger partial charge in [0.2, 0.25) is 0 Å². The lowest BCUT2D eigenvalue weighted by molar-refractivity contribution is 0.665. The Labute approximate surface area is 272 Å². The van der Waals surface area contributed by atoms with E-state index in [1.807, 2.05) is 12.1 Å². The number of benzene rings is 6. The van der Waals surface area contributed by atoms with Crippen molar-refractivity contribution in [2.24, 2.45) is 0 Å². The number of rotatable bonds is 5. The highest BCUT2D eigenvalue weighted by molar-refractivity contribution is 6.11. The Hall–Kier alpha value is -5.61. The number of imidazole rings is 1. The highest BCUT2D eigenvalue weighted by Gasteiger charge is 2.28. The van der Waals surface area contributed by atoms with E-state index in [-0.39, 0.29) is 11.8 Å². The predicted octanol–water partition coefficient (Wildman–Crippen LogP) is 12.4. The van der Waals surface area contributed by atoms with Crippen molar-refractivity contribution in [1.82, 2.24) is 9.55 Å². The fourth-order valence-corrected chi connectivity index (χ4v) is 7.40. The van der Waals surface area contributed by atoms with Gasteiger partial charge in [0.05, 0.1) is 22.3 Å². The van der Waals surface area contributed by atoms with Crippen LogP contribution in [0.4, 0.5) is 0 Å². The van der Waals surface area contributed by atoms with Crippen LogP contribution in [0.25, 0.3) is 83.1 Å². The molecule has 0 aliphatic carbocycles.